The van der Waals surface area contributed by atoms with Gasteiger partial charge in [0, 0.05) is 19.6 Å². The quantitative estimate of drug-likeness (QED) is 0.739. The normalized spacial score (nSPS) is 12.6. The Kier molecular flexibility index (Phi) is 6.37. The minimum atomic E-state index is -3.48. The molecule has 0 fully saturated rings. The molecular weight excluding hydrogens is 288 g/mol. The van der Waals surface area contributed by atoms with E-state index in [9.17, 15) is 8.42 Å². The summed E-state index contributed by atoms with van der Waals surface area (Å²) in [6.45, 7) is 11.8. The number of hydrogen-bond donors (Lipinski definition) is 1. The van der Waals surface area contributed by atoms with Crippen LogP contribution in [0.2, 0.25) is 0 Å². The number of hydrogen-bond acceptors (Lipinski definition) is 4. The van der Waals surface area contributed by atoms with Crippen molar-refractivity contribution < 1.29 is 8.42 Å². The second-order valence-corrected chi connectivity index (χ2v) is 7.52. The number of nitrogens with one attached hydrogen (secondary N) is 1. The summed E-state index contributed by atoms with van der Waals surface area (Å²) in [6, 6.07) is -0.0802. The fourth-order valence-corrected chi connectivity index (χ4v) is 3.92. The molecule has 0 amide bonds. The highest BCUT2D eigenvalue weighted by atomic mass is 32.2. The van der Waals surface area contributed by atoms with Crippen LogP contribution in [0.4, 0.5) is 0 Å². The standard InChI is InChI=1S/C14H28N4O2S/c1-7-8-15-9-10-18-13(5)14(12(4)16-18)21(19,20)17(6)11(2)3/h11,15H,7-10H2,1-6H3. The van der Waals surface area contributed by atoms with E-state index in [2.05, 4.69) is 17.3 Å². The van der Waals surface area contributed by atoms with Crippen LogP contribution < -0.4 is 5.32 Å². The zero-order chi connectivity index (χ0) is 16.2. The molecule has 1 aromatic heterocycles. The molecule has 1 N–H and O–H groups in total. The van der Waals surface area contributed by atoms with Crippen molar-refractivity contribution in [3.63, 3.8) is 0 Å². The lowest BCUT2D eigenvalue weighted by atomic mass is 10.4. The lowest BCUT2D eigenvalue weighted by Gasteiger charge is -2.21. The maximum absolute atomic E-state index is 12.7. The predicted octanol–water partition coefficient (Wildman–Crippen LogP) is 1.53. The molecule has 0 saturated heterocycles. The number of sulfonamides is 1. The molecule has 122 valence electrons. The summed E-state index contributed by atoms with van der Waals surface area (Å²) >= 11 is 0. The lowest BCUT2D eigenvalue weighted by molar-refractivity contribution is 0.410. The fraction of sp³-hybridized carbons (Fsp3) is 0.786. The Labute approximate surface area is 128 Å². The van der Waals surface area contributed by atoms with E-state index < -0.39 is 10.0 Å². The molecule has 0 bridgehead atoms. The first kappa shape index (κ1) is 18.1. The molecule has 0 aliphatic heterocycles. The van der Waals surface area contributed by atoms with Gasteiger partial charge < -0.3 is 5.32 Å². The third-order valence-electron chi connectivity index (χ3n) is 3.61. The number of aromatic nitrogens is 2. The van der Waals surface area contributed by atoms with Gasteiger partial charge in [0.15, 0.2) is 0 Å². The first-order valence-electron chi connectivity index (χ1n) is 7.46. The molecule has 21 heavy (non-hydrogen) atoms. The van der Waals surface area contributed by atoms with Gasteiger partial charge in [-0.05, 0) is 40.7 Å². The summed E-state index contributed by atoms with van der Waals surface area (Å²) in [4.78, 5) is 0.342. The van der Waals surface area contributed by atoms with Crippen LogP contribution in [0.3, 0.4) is 0 Å². The fourth-order valence-electron chi connectivity index (χ4n) is 2.18. The largest absolute Gasteiger partial charge is 0.315 e. The third-order valence-corrected chi connectivity index (χ3v) is 5.89. The lowest BCUT2D eigenvalue weighted by Crippen LogP contribution is -2.33. The van der Waals surface area contributed by atoms with Crippen LogP contribution in [0.1, 0.15) is 38.6 Å². The molecule has 1 aromatic rings. The molecule has 7 heteroatoms. The summed E-state index contributed by atoms with van der Waals surface area (Å²) in [7, 11) is -1.87. The van der Waals surface area contributed by atoms with Gasteiger partial charge in [-0.25, -0.2) is 8.42 Å². The molecule has 6 nitrogen and oxygen atoms in total. The molecule has 0 aromatic carbocycles. The van der Waals surface area contributed by atoms with Crippen LogP contribution in [0.5, 0.6) is 0 Å². The predicted molar refractivity (Wildman–Crippen MR) is 84.9 cm³/mol. The second kappa shape index (κ2) is 7.38. The van der Waals surface area contributed by atoms with Crippen LogP contribution >= 0.6 is 0 Å². The molecule has 0 spiro atoms. The van der Waals surface area contributed by atoms with Gasteiger partial charge in [-0.2, -0.15) is 9.40 Å². The van der Waals surface area contributed by atoms with Crippen LogP contribution in [0.15, 0.2) is 4.90 Å². The Bertz CT molecular complexity index is 564. The van der Waals surface area contributed by atoms with Gasteiger partial charge >= 0.3 is 0 Å². The summed E-state index contributed by atoms with van der Waals surface area (Å²) in [5.74, 6) is 0. The average molecular weight is 316 g/mol. The van der Waals surface area contributed by atoms with E-state index in [1.165, 1.54) is 4.31 Å². The van der Waals surface area contributed by atoms with Crippen LogP contribution in [0.25, 0.3) is 0 Å². The molecule has 0 atom stereocenters. The van der Waals surface area contributed by atoms with Gasteiger partial charge in [-0.1, -0.05) is 6.92 Å². The molecule has 0 unspecified atom stereocenters. The number of nitrogens with zero attached hydrogens (tertiary/aromatic N) is 3. The molecule has 1 rings (SSSR count). The molecule has 0 saturated carbocycles. The smallest absolute Gasteiger partial charge is 0.246 e. The molecule has 0 aliphatic carbocycles. The average Bonchev–Trinajstić information content (AvgIpc) is 2.69. The van der Waals surface area contributed by atoms with Gasteiger partial charge in [0.2, 0.25) is 10.0 Å². The van der Waals surface area contributed by atoms with Gasteiger partial charge in [-0.15, -0.1) is 0 Å². The summed E-state index contributed by atoms with van der Waals surface area (Å²) < 4.78 is 28.5. The number of rotatable bonds is 8. The highest BCUT2D eigenvalue weighted by Gasteiger charge is 2.29. The van der Waals surface area contributed by atoms with E-state index in [0.29, 0.717) is 22.8 Å². The first-order valence-corrected chi connectivity index (χ1v) is 8.90. The van der Waals surface area contributed by atoms with Gasteiger partial charge in [0.05, 0.1) is 17.9 Å². The molecule has 0 radical (unpaired) electrons. The minimum absolute atomic E-state index is 0.0802. The van der Waals surface area contributed by atoms with Gasteiger partial charge in [0.1, 0.15) is 4.90 Å². The summed E-state index contributed by atoms with van der Waals surface area (Å²) in [5, 5.41) is 7.69. The Morgan fingerprint density at radius 2 is 1.90 bits per heavy atom. The van der Waals surface area contributed by atoms with E-state index in [4.69, 9.17) is 0 Å². The van der Waals surface area contributed by atoms with E-state index in [1.54, 1.807) is 18.7 Å². The van der Waals surface area contributed by atoms with E-state index in [-0.39, 0.29) is 6.04 Å². The summed E-state index contributed by atoms with van der Waals surface area (Å²) in [5.41, 5.74) is 1.27. The van der Waals surface area contributed by atoms with Crippen LogP contribution in [-0.2, 0) is 16.6 Å². The Morgan fingerprint density at radius 1 is 1.29 bits per heavy atom. The van der Waals surface area contributed by atoms with Crippen molar-refractivity contribution in [2.45, 2.75) is 58.5 Å². The Hall–Kier alpha value is -0.920. The van der Waals surface area contributed by atoms with E-state index in [1.807, 2.05) is 20.8 Å². The van der Waals surface area contributed by atoms with E-state index in [0.717, 1.165) is 19.5 Å². The van der Waals surface area contributed by atoms with E-state index >= 15 is 0 Å². The second-order valence-electron chi connectivity index (χ2n) is 5.59. The van der Waals surface area contributed by atoms with Crippen LogP contribution in [-0.4, -0.2) is 48.7 Å². The number of aryl methyl sites for hydroxylation is 1. The maximum Gasteiger partial charge on any atom is 0.246 e. The van der Waals surface area contributed by atoms with Crippen molar-refractivity contribution in [3.8, 4) is 0 Å². The zero-order valence-corrected chi connectivity index (χ0v) is 14.8. The van der Waals surface area contributed by atoms with Crippen LogP contribution in [0, 0.1) is 13.8 Å². The van der Waals surface area contributed by atoms with Crippen molar-refractivity contribution >= 4 is 10.0 Å². The topological polar surface area (TPSA) is 67.2 Å². The van der Waals surface area contributed by atoms with Crippen molar-refractivity contribution in [1.82, 2.24) is 19.4 Å². The van der Waals surface area contributed by atoms with Crippen molar-refractivity contribution in [3.05, 3.63) is 11.4 Å². The maximum atomic E-state index is 12.7. The monoisotopic (exact) mass is 316 g/mol. The van der Waals surface area contributed by atoms with Gasteiger partial charge in [-0.3, -0.25) is 4.68 Å². The Morgan fingerprint density at radius 3 is 2.43 bits per heavy atom. The van der Waals surface area contributed by atoms with Crippen molar-refractivity contribution in [2.75, 3.05) is 20.1 Å². The molecule has 1 heterocycles. The van der Waals surface area contributed by atoms with Gasteiger partial charge in [0.25, 0.3) is 0 Å². The first-order chi connectivity index (χ1) is 9.73. The summed E-state index contributed by atoms with van der Waals surface area (Å²) in [6.07, 6.45) is 1.08. The third kappa shape index (κ3) is 4.05. The molecule has 0 aliphatic rings. The Balaban J connectivity index is 3.02. The SMILES string of the molecule is CCCNCCn1nc(C)c(S(=O)(=O)N(C)C(C)C)c1C. The minimum Gasteiger partial charge on any atom is -0.315 e. The zero-order valence-electron chi connectivity index (χ0n) is 14.0. The van der Waals surface area contributed by atoms with Crippen molar-refractivity contribution in [2.24, 2.45) is 0 Å². The molecular formula is C14H28N4O2S. The van der Waals surface area contributed by atoms with Crippen molar-refractivity contribution in [1.29, 1.82) is 0 Å². The highest BCUT2D eigenvalue weighted by Crippen LogP contribution is 2.23. The highest BCUT2D eigenvalue weighted by molar-refractivity contribution is 7.89.